The molecule has 7 rings (SSSR count). The van der Waals surface area contributed by atoms with E-state index in [4.69, 9.17) is 14.2 Å². The van der Waals surface area contributed by atoms with E-state index in [1.807, 2.05) is 104 Å². The number of imidazole rings is 1. The molecule has 0 radical (unpaired) electrons. The minimum Gasteiger partial charge on any atom is -0.497 e. The normalized spacial score (nSPS) is 20.1. The average molecular weight is 676 g/mol. The fourth-order valence-corrected chi connectivity index (χ4v) is 6.63. The molecular formula is C39H38FN5O5. The average Bonchev–Trinajstić information content (AvgIpc) is 3.69. The Morgan fingerprint density at radius 1 is 0.860 bits per heavy atom. The van der Waals surface area contributed by atoms with Gasteiger partial charge in [-0.15, -0.1) is 0 Å². The minimum atomic E-state index is -1.31. The first-order chi connectivity index (χ1) is 24.3. The molecule has 0 saturated carbocycles. The molecule has 1 aliphatic rings. The molecule has 10 nitrogen and oxygen atoms in total. The number of fused-ring (bicyclic) bond motifs is 1. The summed E-state index contributed by atoms with van der Waals surface area (Å²) >= 11 is 0. The van der Waals surface area contributed by atoms with Crippen LogP contribution in [0.15, 0.2) is 116 Å². The van der Waals surface area contributed by atoms with Crippen LogP contribution in [0, 0.1) is 12.7 Å². The van der Waals surface area contributed by atoms with Crippen LogP contribution in [-0.4, -0.2) is 68.8 Å². The summed E-state index contributed by atoms with van der Waals surface area (Å²) in [6.45, 7) is 2.35. The molecule has 2 aromatic heterocycles. The van der Waals surface area contributed by atoms with Crippen molar-refractivity contribution in [3.63, 3.8) is 0 Å². The van der Waals surface area contributed by atoms with Gasteiger partial charge in [-0.2, -0.15) is 0 Å². The summed E-state index contributed by atoms with van der Waals surface area (Å²) in [5.74, 6) is 0.914. The largest absolute Gasteiger partial charge is 0.497 e. The van der Waals surface area contributed by atoms with Gasteiger partial charge in [-0.3, -0.25) is 4.57 Å². The van der Waals surface area contributed by atoms with Crippen molar-refractivity contribution >= 4 is 17.0 Å². The van der Waals surface area contributed by atoms with E-state index in [0.29, 0.717) is 29.3 Å². The molecule has 0 amide bonds. The summed E-state index contributed by atoms with van der Waals surface area (Å²) in [5.41, 5.74) is 4.28. The predicted molar refractivity (Wildman–Crippen MR) is 186 cm³/mol. The van der Waals surface area contributed by atoms with E-state index in [-0.39, 0.29) is 12.4 Å². The van der Waals surface area contributed by atoms with Gasteiger partial charge in [0.1, 0.15) is 41.8 Å². The van der Waals surface area contributed by atoms with Crippen LogP contribution in [0.4, 0.5) is 10.2 Å². The molecule has 1 aliphatic heterocycles. The zero-order chi connectivity index (χ0) is 34.8. The maximum Gasteiger partial charge on any atom is 0.167 e. The fourth-order valence-electron chi connectivity index (χ4n) is 6.63. The van der Waals surface area contributed by atoms with Gasteiger partial charge in [0.25, 0.3) is 0 Å². The molecule has 0 bridgehead atoms. The number of aliphatic hydroxyl groups excluding tert-OH is 2. The molecule has 1 fully saturated rings. The highest BCUT2D eigenvalue weighted by molar-refractivity contribution is 5.83. The van der Waals surface area contributed by atoms with E-state index in [1.54, 1.807) is 17.7 Å². The van der Waals surface area contributed by atoms with Crippen molar-refractivity contribution in [2.75, 3.05) is 25.7 Å². The zero-order valence-corrected chi connectivity index (χ0v) is 27.9. The molecule has 3 heterocycles. The molecule has 256 valence electrons. The van der Waals surface area contributed by atoms with Gasteiger partial charge in [-0.1, -0.05) is 84.4 Å². The quantitative estimate of drug-likeness (QED) is 0.171. The molecule has 1 unspecified atom stereocenters. The monoisotopic (exact) mass is 675 g/mol. The number of benzene rings is 4. The maximum absolute atomic E-state index is 13.8. The first kappa shape index (κ1) is 33.3. The van der Waals surface area contributed by atoms with Gasteiger partial charge < -0.3 is 29.3 Å². The molecule has 50 heavy (non-hydrogen) atoms. The van der Waals surface area contributed by atoms with Crippen LogP contribution in [0.25, 0.3) is 11.2 Å². The van der Waals surface area contributed by atoms with Crippen molar-refractivity contribution in [1.29, 1.82) is 0 Å². The zero-order valence-electron chi connectivity index (χ0n) is 27.9. The molecule has 1 saturated heterocycles. The topological polar surface area (TPSA) is 115 Å². The van der Waals surface area contributed by atoms with Gasteiger partial charge in [0, 0.05) is 13.6 Å². The Hall–Kier alpha value is -5.20. The number of halogens is 1. The second-order valence-electron chi connectivity index (χ2n) is 12.5. The van der Waals surface area contributed by atoms with Crippen molar-refractivity contribution in [3.8, 4) is 5.75 Å². The SMILES string of the molecule is COc1ccc(C(OC[C@H]2O[C@@H](n3cnc4c(N(C)Cc5cccc(F)c5)ncnc43)[C@H](O)[C@@H]2O)(c2ccccc2)c2ccc(C)cc2)cc1. The van der Waals surface area contributed by atoms with Gasteiger partial charge >= 0.3 is 0 Å². The Balaban J connectivity index is 1.19. The summed E-state index contributed by atoms with van der Waals surface area (Å²) in [5, 5.41) is 22.7. The van der Waals surface area contributed by atoms with Gasteiger partial charge in [-0.25, -0.2) is 19.3 Å². The Labute approximate surface area is 289 Å². The summed E-state index contributed by atoms with van der Waals surface area (Å²) in [6, 6.07) is 32.1. The number of aryl methyl sites for hydroxylation is 1. The number of aromatic nitrogens is 4. The van der Waals surface area contributed by atoms with Crippen LogP contribution in [0.1, 0.15) is 34.0 Å². The first-order valence-corrected chi connectivity index (χ1v) is 16.3. The summed E-state index contributed by atoms with van der Waals surface area (Å²) in [7, 11) is 3.46. The van der Waals surface area contributed by atoms with Gasteiger partial charge in [0.2, 0.25) is 0 Å². The van der Waals surface area contributed by atoms with E-state index in [2.05, 4.69) is 15.0 Å². The highest BCUT2D eigenvalue weighted by atomic mass is 19.1. The number of hydrogen-bond acceptors (Lipinski definition) is 9. The number of rotatable bonds is 11. The number of aliphatic hydroxyl groups is 2. The Morgan fingerprint density at radius 2 is 1.56 bits per heavy atom. The highest BCUT2D eigenvalue weighted by Gasteiger charge is 2.47. The molecule has 0 aliphatic carbocycles. The van der Waals surface area contributed by atoms with E-state index in [1.165, 1.54) is 24.8 Å². The van der Waals surface area contributed by atoms with Gasteiger partial charge in [0.15, 0.2) is 23.2 Å². The Kier molecular flexibility index (Phi) is 9.30. The minimum absolute atomic E-state index is 0.0627. The standard InChI is InChI=1S/C39H38FN5O5/c1-25-12-14-28(15-13-25)39(27-9-5-4-6-10-27,29-16-18-31(48-3)19-17-29)49-22-32-34(46)35(47)38(50-32)45-24-43-33-36(41-23-42-37(33)45)44(2)21-26-8-7-11-30(40)20-26/h4-20,23-24,32,34-35,38,46-47H,21-22H2,1-3H3/t32-,34-,35-,38-,39?/m1/s1. The molecule has 4 aromatic carbocycles. The lowest BCUT2D eigenvalue weighted by atomic mass is 9.79. The molecule has 6 aromatic rings. The van der Waals surface area contributed by atoms with Crippen LogP contribution in [0.3, 0.4) is 0 Å². The summed E-state index contributed by atoms with van der Waals surface area (Å²) in [4.78, 5) is 15.3. The second-order valence-corrected chi connectivity index (χ2v) is 12.5. The summed E-state index contributed by atoms with van der Waals surface area (Å²) < 4.78 is 34.2. The van der Waals surface area contributed by atoms with Crippen molar-refractivity contribution in [2.45, 2.75) is 43.6 Å². The van der Waals surface area contributed by atoms with Crippen molar-refractivity contribution in [3.05, 3.63) is 149 Å². The Morgan fingerprint density at radius 3 is 2.26 bits per heavy atom. The van der Waals surface area contributed by atoms with E-state index in [9.17, 15) is 14.6 Å². The molecule has 11 heteroatoms. The van der Waals surface area contributed by atoms with Gasteiger partial charge in [-0.05, 0) is 53.4 Å². The van der Waals surface area contributed by atoms with E-state index >= 15 is 0 Å². The van der Waals surface area contributed by atoms with Crippen LogP contribution in [0.5, 0.6) is 5.75 Å². The first-order valence-electron chi connectivity index (χ1n) is 16.3. The number of nitrogens with zero attached hydrogens (tertiary/aromatic N) is 5. The third-order valence-corrected chi connectivity index (χ3v) is 9.22. The van der Waals surface area contributed by atoms with Crippen LogP contribution < -0.4 is 9.64 Å². The van der Waals surface area contributed by atoms with Crippen LogP contribution >= 0.6 is 0 Å². The number of hydrogen-bond donors (Lipinski definition) is 2. The van der Waals surface area contributed by atoms with Gasteiger partial charge in [0.05, 0.1) is 20.0 Å². The fraction of sp³-hybridized carbons (Fsp3) is 0.256. The second kappa shape index (κ2) is 14.0. The lowest BCUT2D eigenvalue weighted by molar-refractivity contribution is -0.0942. The van der Waals surface area contributed by atoms with Crippen LogP contribution in [0.2, 0.25) is 0 Å². The Bertz CT molecular complexity index is 2060. The predicted octanol–water partition coefficient (Wildman–Crippen LogP) is 5.55. The molecule has 2 N–H and O–H groups in total. The number of ether oxygens (including phenoxy) is 3. The third-order valence-electron chi connectivity index (χ3n) is 9.22. The molecular weight excluding hydrogens is 637 g/mol. The lowest BCUT2D eigenvalue weighted by Crippen LogP contribution is -2.39. The van der Waals surface area contributed by atoms with E-state index < -0.39 is 30.1 Å². The molecule has 5 atom stereocenters. The number of methoxy groups -OCH3 is 1. The van der Waals surface area contributed by atoms with Crippen molar-refractivity contribution in [2.24, 2.45) is 0 Å². The number of anilines is 1. The van der Waals surface area contributed by atoms with Crippen molar-refractivity contribution in [1.82, 2.24) is 19.5 Å². The highest BCUT2D eigenvalue weighted by Crippen LogP contribution is 2.42. The maximum atomic E-state index is 13.8. The van der Waals surface area contributed by atoms with Crippen LogP contribution in [-0.2, 0) is 21.6 Å². The van der Waals surface area contributed by atoms with E-state index in [0.717, 1.165) is 27.8 Å². The summed E-state index contributed by atoms with van der Waals surface area (Å²) in [6.07, 6.45) is -1.59. The third kappa shape index (κ3) is 6.20. The lowest BCUT2D eigenvalue weighted by Gasteiger charge is -2.37. The smallest absolute Gasteiger partial charge is 0.167 e. The molecule has 0 spiro atoms. The van der Waals surface area contributed by atoms with Crippen molar-refractivity contribution < 1.29 is 28.8 Å².